The Balaban J connectivity index is 2.02. The molecule has 9 nitrogen and oxygen atoms in total. The monoisotopic (exact) mass is 501 g/mol. The molecule has 0 bridgehead atoms. The number of benzene rings is 1. The first-order valence-electron chi connectivity index (χ1n) is 11.3. The van der Waals surface area contributed by atoms with Crippen molar-refractivity contribution in [2.75, 3.05) is 26.7 Å². The van der Waals surface area contributed by atoms with Gasteiger partial charge in [-0.25, -0.2) is 8.42 Å². The summed E-state index contributed by atoms with van der Waals surface area (Å²) in [6.45, 7) is 4.99. The molecule has 0 saturated carbocycles. The maximum atomic E-state index is 13.5. The Kier molecular flexibility index (Phi) is 8.51. The largest absolute Gasteiger partial charge is 0.487 e. The third-order valence-electron chi connectivity index (χ3n) is 5.82. The Morgan fingerprint density at radius 1 is 1.29 bits per heavy atom. The molecule has 35 heavy (non-hydrogen) atoms. The zero-order valence-electron chi connectivity index (χ0n) is 20.2. The van der Waals surface area contributed by atoms with Crippen LogP contribution in [0.25, 0.3) is 0 Å². The van der Waals surface area contributed by atoms with Crippen molar-refractivity contribution in [2.45, 2.75) is 43.9 Å². The van der Waals surface area contributed by atoms with E-state index >= 15 is 0 Å². The van der Waals surface area contributed by atoms with Gasteiger partial charge in [0, 0.05) is 49.1 Å². The molecule has 1 aliphatic rings. The maximum Gasteiger partial charge on any atom is 0.253 e. The molecule has 10 heteroatoms. The number of carbonyl (C=O) groups is 1. The molecule has 188 valence electrons. The van der Waals surface area contributed by atoms with Gasteiger partial charge in [0.15, 0.2) is 0 Å². The van der Waals surface area contributed by atoms with Crippen LogP contribution in [0.4, 0.5) is 0 Å². The highest BCUT2D eigenvalue weighted by Crippen LogP contribution is 2.34. The molecule has 2 aromatic rings. The number of sulfonamides is 1. The molecular formula is C25H31N3O6S. The maximum absolute atomic E-state index is 13.5. The lowest BCUT2D eigenvalue weighted by atomic mass is 10.0. The van der Waals surface area contributed by atoms with Gasteiger partial charge in [-0.2, -0.15) is 4.31 Å². The lowest BCUT2D eigenvalue weighted by molar-refractivity contribution is 0.0563. The summed E-state index contributed by atoms with van der Waals surface area (Å²) in [4.78, 5) is 18.3. The summed E-state index contributed by atoms with van der Waals surface area (Å²) in [6, 6.07) is 7.10. The van der Waals surface area contributed by atoms with Crippen LogP contribution in [0.15, 0.2) is 47.6 Å². The minimum Gasteiger partial charge on any atom is -0.487 e. The summed E-state index contributed by atoms with van der Waals surface area (Å²) < 4.78 is 34.5. The molecule has 4 atom stereocenters. The average Bonchev–Trinajstić information content (AvgIpc) is 2.84. The number of pyridine rings is 1. The summed E-state index contributed by atoms with van der Waals surface area (Å²) in [6.07, 6.45) is 1.69. The first kappa shape index (κ1) is 26.6. The topological polar surface area (TPSA) is 120 Å². The number of aliphatic hydroxyl groups is 2. The van der Waals surface area contributed by atoms with Gasteiger partial charge in [-0.3, -0.25) is 9.78 Å². The number of carbonyl (C=O) groups excluding carboxylic acids is 1. The summed E-state index contributed by atoms with van der Waals surface area (Å²) in [5.74, 6) is 5.03. The molecule has 0 aliphatic carbocycles. The molecule has 0 unspecified atom stereocenters. The zero-order chi connectivity index (χ0) is 25.8. The van der Waals surface area contributed by atoms with Crippen LogP contribution >= 0.6 is 0 Å². The lowest BCUT2D eigenvalue weighted by Gasteiger charge is -2.37. The summed E-state index contributed by atoms with van der Waals surface area (Å²) in [5, 5.41) is 19.2. The van der Waals surface area contributed by atoms with E-state index in [9.17, 15) is 23.4 Å². The number of likely N-dealkylation sites (N-methyl/N-ethyl adjacent to an activating group) is 1. The number of rotatable bonds is 5. The number of nitrogens with zero attached hydrogens (tertiary/aromatic N) is 3. The van der Waals surface area contributed by atoms with Gasteiger partial charge in [-0.05, 0) is 44.2 Å². The second-order valence-electron chi connectivity index (χ2n) is 8.77. The molecule has 2 heterocycles. The predicted octanol–water partition coefficient (Wildman–Crippen LogP) is 1.35. The third-order valence-corrected chi connectivity index (χ3v) is 7.84. The molecule has 0 saturated heterocycles. The molecule has 1 amide bonds. The second kappa shape index (κ2) is 11.2. The van der Waals surface area contributed by atoms with Crippen molar-refractivity contribution in [2.24, 2.45) is 5.92 Å². The first-order chi connectivity index (χ1) is 16.5. The highest BCUT2D eigenvalue weighted by molar-refractivity contribution is 7.89. The number of hydrogen-bond acceptors (Lipinski definition) is 7. The average molecular weight is 502 g/mol. The van der Waals surface area contributed by atoms with E-state index in [1.807, 2.05) is 6.92 Å². The zero-order valence-corrected chi connectivity index (χ0v) is 21.1. The van der Waals surface area contributed by atoms with E-state index in [0.29, 0.717) is 11.1 Å². The van der Waals surface area contributed by atoms with Gasteiger partial charge >= 0.3 is 0 Å². The Hall–Kier alpha value is -2.97. The number of hydrogen-bond donors (Lipinski definition) is 2. The molecule has 1 aromatic carbocycles. The van der Waals surface area contributed by atoms with E-state index in [-0.39, 0.29) is 42.2 Å². The van der Waals surface area contributed by atoms with Crippen molar-refractivity contribution in [1.82, 2.24) is 14.2 Å². The Morgan fingerprint density at radius 2 is 1.97 bits per heavy atom. The minimum atomic E-state index is -3.98. The highest BCUT2D eigenvalue weighted by atomic mass is 32.2. The fraction of sp³-hybridized carbons (Fsp3) is 0.440. The van der Waals surface area contributed by atoms with Crippen LogP contribution < -0.4 is 4.74 Å². The van der Waals surface area contributed by atoms with Crippen LogP contribution in [0.5, 0.6) is 5.75 Å². The quantitative estimate of drug-likeness (QED) is 0.594. The van der Waals surface area contributed by atoms with Gasteiger partial charge in [-0.1, -0.05) is 18.8 Å². The van der Waals surface area contributed by atoms with E-state index in [1.54, 1.807) is 44.6 Å². The fourth-order valence-corrected chi connectivity index (χ4v) is 5.60. The normalized spacial score (nSPS) is 21.2. The summed E-state index contributed by atoms with van der Waals surface area (Å²) >= 11 is 0. The standard InChI is InChI=1S/C25H31N3O6S/c1-17-14-28(18(2)16-29)35(32,33)24-8-7-20(6-5-19(3)30)13-22(24)34-23(17)15-27(4)25(31)21-9-11-26-12-10-21/h7-13,17-19,23,29-30H,14-16H2,1-4H3/t17-,18-,19+,23+/m1/s1. The molecule has 3 rings (SSSR count). The smallest absolute Gasteiger partial charge is 0.253 e. The van der Waals surface area contributed by atoms with Gasteiger partial charge in [0.05, 0.1) is 13.2 Å². The Labute approximate surface area is 206 Å². The molecular weight excluding hydrogens is 470 g/mol. The number of aliphatic hydroxyl groups excluding tert-OH is 2. The van der Waals surface area contributed by atoms with Crippen molar-refractivity contribution < 1.29 is 28.2 Å². The van der Waals surface area contributed by atoms with Gasteiger partial charge in [-0.15, -0.1) is 0 Å². The van der Waals surface area contributed by atoms with Crippen LogP contribution in [0, 0.1) is 17.8 Å². The number of aromatic nitrogens is 1. The summed E-state index contributed by atoms with van der Waals surface area (Å²) in [7, 11) is -2.32. The van der Waals surface area contributed by atoms with E-state index < -0.39 is 28.3 Å². The van der Waals surface area contributed by atoms with Crippen LogP contribution in [-0.4, -0.2) is 83.7 Å². The number of fused-ring (bicyclic) bond motifs is 1. The Bertz CT molecular complexity index is 1210. The van der Waals surface area contributed by atoms with Crippen LogP contribution in [0.3, 0.4) is 0 Å². The SMILES string of the molecule is C[C@H](O)C#Cc1ccc2c(c1)O[C@@H](CN(C)C(=O)c1ccncc1)[C@H](C)CN([C@H](C)CO)S2(=O)=O. The van der Waals surface area contributed by atoms with Gasteiger partial charge < -0.3 is 19.8 Å². The van der Waals surface area contributed by atoms with E-state index in [2.05, 4.69) is 16.8 Å². The van der Waals surface area contributed by atoms with Crippen molar-refractivity contribution in [3.63, 3.8) is 0 Å². The highest BCUT2D eigenvalue weighted by Gasteiger charge is 2.38. The fourth-order valence-electron chi connectivity index (χ4n) is 3.78. The molecule has 1 aliphatic heterocycles. The van der Waals surface area contributed by atoms with Crippen molar-refractivity contribution >= 4 is 15.9 Å². The van der Waals surface area contributed by atoms with Crippen molar-refractivity contribution in [1.29, 1.82) is 0 Å². The van der Waals surface area contributed by atoms with Crippen molar-refractivity contribution in [3.05, 3.63) is 53.9 Å². The molecule has 0 spiro atoms. The predicted molar refractivity (Wildman–Crippen MR) is 130 cm³/mol. The number of amides is 1. The Morgan fingerprint density at radius 3 is 2.60 bits per heavy atom. The van der Waals surface area contributed by atoms with Gasteiger partial charge in [0.1, 0.15) is 22.9 Å². The second-order valence-corrected chi connectivity index (χ2v) is 10.6. The van der Waals surface area contributed by atoms with Gasteiger partial charge in [0.25, 0.3) is 5.91 Å². The van der Waals surface area contributed by atoms with E-state index in [4.69, 9.17) is 4.74 Å². The van der Waals surface area contributed by atoms with Gasteiger partial charge in [0.2, 0.25) is 10.0 Å². The van der Waals surface area contributed by atoms with Crippen molar-refractivity contribution in [3.8, 4) is 17.6 Å². The first-order valence-corrected chi connectivity index (χ1v) is 12.8. The van der Waals surface area contributed by atoms with E-state index in [0.717, 1.165) is 0 Å². The third kappa shape index (κ3) is 6.18. The molecule has 1 aromatic heterocycles. The lowest BCUT2D eigenvalue weighted by Crippen LogP contribution is -2.50. The molecule has 2 N–H and O–H groups in total. The molecule has 0 radical (unpaired) electrons. The van der Waals surface area contributed by atoms with E-state index in [1.165, 1.54) is 28.3 Å². The van der Waals surface area contributed by atoms with Crippen LogP contribution in [0.1, 0.15) is 36.7 Å². The van der Waals surface area contributed by atoms with Crippen LogP contribution in [-0.2, 0) is 10.0 Å². The number of ether oxygens (including phenoxy) is 1. The molecule has 0 fully saturated rings. The minimum absolute atomic E-state index is 0.0413. The summed E-state index contributed by atoms with van der Waals surface area (Å²) in [5.41, 5.74) is 0.963. The van der Waals surface area contributed by atoms with Crippen LogP contribution in [0.2, 0.25) is 0 Å².